The van der Waals surface area contributed by atoms with E-state index in [4.69, 9.17) is 9.47 Å². The Morgan fingerprint density at radius 3 is 2.58 bits per heavy atom. The third kappa shape index (κ3) is 5.10. The molecule has 9 heteroatoms. The van der Waals surface area contributed by atoms with Gasteiger partial charge in [-0.2, -0.15) is 0 Å². The summed E-state index contributed by atoms with van der Waals surface area (Å²) in [5.41, 5.74) is 1.78. The lowest BCUT2D eigenvalue weighted by Crippen LogP contribution is -2.21. The van der Waals surface area contributed by atoms with E-state index in [0.29, 0.717) is 17.3 Å². The van der Waals surface area contributed by atoms with Crippen molar-refractivity contribution in [3.8, 4) is 0 Å². The van der Waals surface area contributed by atoms with Gasteiger partial charge in [-0.15, -0.1) is 11.3 Å². The number of thiazole rings is 1. The number of esters is 1. The van der Waals surface area contributed by atoms with Crippen LogP contribution in [0.2, 0.25) is 0 Å². The summed E-state index contributed by atoms with van der Waals surface area (Å²) in [7, 11) is 1.55. The molecule has 1 amide bonds. The summed E-state index contributed by atoms with van der Waals surface area (Å²) in [5, 5.41) is 4.93. The van der Waals surface area contributed by atoms with Gasteiger partial charge >= 0.3 is 5.97 Å². The van der Waals surface area contributed by atoms with Crippen LogP contribution in [-0.2, 0) is 20.9 Å². The number of nitrogens with one attached hydrogen (secondary N) is 1. The van der Waals surface area contributed by atoms with Crippen LogP contribution in [-0.4, -0.2) is 30.6 Å². The highest BCUT2D eigenvalue weighted by atomic mass is 79.9. The van der Waals surface area contributed by atoms with E-state index < -0.39 is 18.5 Å². The molecule has 0 spiro atoms. The van der Waals surface area contributed by atoms with Crippen molar-refractivity contribution in [1.82, 2.24) is 4.98 Å². The first-order valence-corrected chi connectivity index (χ1v) is 9.23. The van der Waals surface area contributed by atoms with Crippen molar-refractivity contribution in [2.24, 2.45) is 0 Å². The first kappa shape index (κ1) is 19.0. The first-order chi connectivity index (χ1) is 11.4. The highest BCUT2D eigenvalue weighted by Crippen LogP contribution is 2.32. The number of anilines is 1. The molecule has 0 fully saturated rings. The van der Waals surface area contributed by atoms with Gasteiger partial charge in [0.1, 0.15) is 5.01 Å². The van der Waals surface area contributed by atoms with Gasteiger partial charge in [0, 0.05) is 21.4 Å². The molecule has 0 bridgehead atoms. The van der Waals surface area contributed by atoms with E-state index in [-0.39, 0.29) is 5.69 Å². The number of methoxy groups -OCH3 is 1. The number of rotatable bonds is 6. The summed E-state index contributed by atoms with van der Waals surface area (Å²) in [6.07, 6.45) is 0. The molecular weight excluding hydrogens is 464 g/mol. The zero-order valence-electron chi connectivity index (χ0n) is 12.9. The van der Waals surface area contributed by atoms with Crippen molar-refractivity contribution in [2.75, 3.05) is 19.0 Å². The molecule has 0 aliphatic carbocycles. The number of ether oxygens (including phenoxy) is 2. The van der Waals surface area contributed by atoms with Gasteiger partial charge in [-0.05, 0) is 56.5 Å². The van der Waals surface area contributed by atoms with Gasteiger partial charge in [0.2, 0.25) is 0 Å². The number of carbonyl (C=O) groups is 2. The molecular formula is C15H14Br2N2O4S. The number of carbonyl (C=O) groups excluding carboxylic acids is 2. The molecule has 0 radical (unpaired) electrons. The van der Waals surface area contributed by atoms with Gasteiger partial charge in [0.15, 0.2) is 12.3 Å². The largest absolute Gasteiger partial charge is 0.451 e. The van der Waals surface area contributed by atoms with Gasteiger partial charge in [-0.3, -0.25) is 4.79 Å². The molecule has 0 aliphatic rings. The topological polar surface area (TPSA) is 77.5 Å². The predicted octanol–water partition coefficient (Wildman–Crippen LogP) is 3.92. The number of hydrogen-bond donors (Lipinski definition) is 1. The molecule has 1 aromatic carbocycles. The van der Waals surface area contributed by atoms with Gasteiger partial charge < -0.3 is 14.8 Å². The van der Waals surface area contributed by atoms with Crippen molar-refractivity contribution in [1.29, 1.82) is 0 Å². The summed E-state index contributed by atoms with van der Waals surface area (Å²) in [6, 6.07) is 3.75. The standard InChI is InChI=1S/C15H14Br2N2O4S/c1-8-3-9(16)14(10(17)4-8)19-12(20)5-23-15(21)11-7-24-13(18-11)6-22-2/h3-4,7H,5-6H2,1-2H3,(H,19,20). The first-order valence-electron chi connectivity index (χ1n) is 6.76. The fraction of sp³-hybridized carbons (Fsp3) is 0.267. The Hall–Kier alpha value is -1.29. The molecule has 6 nitrogen and oxygen atoms in total. The van der Waals surface area contributed by atoms with Crippen LogP contribution in [0.3, 0.4) is 0 Å². The van der Waals surface area contributed by atoms with Crippen LogP contribution in [0.5, 0.6) is 0 Å². The normalized spacial score (nSPS) is 10.5. The van der Waals surface area contributed by atoms with E-state index in [1.54, 1.807) is 12.5 Å². The Kier molecular flexibility index (Phi) is 6.90. The SMILES string of the molecule is COCc1nc(C(=O)OCC(=O)Nc2c(Br)cc(C)cc2Br)cs1. The van der Waals surface area contributed by atoms with Crippen LogP contribution in [0.15, 0.2) is 26.5 Å². The average Bonchev–Trinajstić information content (AvgIpc) is 2.97. The lowest BCUT2D eigenvalue weighted by Gasteiger charge is -2.10. The van der Waals surface area contributed by atoms with Crippen molar-refractivity contribution < 1.29 is 19.1 Å². The van der Waals surface area contributed by atoms with Crippen LogP contribution in [0.25, 0.3) is 0 Å². The summed E-state index contributed by atoms with van der Waals surface area (Å²) in [5.74, 6) is -1.09. The van der Waals surface area contributed by atoms with Gasteiger partial charge in [-0.1, -0.05) is 0 Å². The molecule has 0 saturated heterocycles. The number of aromatic nitrogens is 1. The highest BCUT2D eigenvalue weighted by Gasteiger charge is 2.15. The highest BCUT2D eigenvalue weighted by molar-refractivity contribution is 9.11. The maximum Gasteiger partial charge on any atom is 0.358 e. The fourth-order valence-electron chi connectivity index (χ4n) is 1.79. The van der Waals surface area contributed by atoms with Crippen molar-refractivity contribution in [3.05, 3.63) is 42.7 Å². The third-order valence-corrected chi connectivity index (χ3v) is 4.89. The molecule has 24 heavy (non-hydrogen) atoms. The maximum atomic E-state index is 12.0. The van der Waals surface area contributed by atoms with E-state index in [9.17, 15) is 9.59 Å². The van der Waals surface area contributed by atoms with Gasteiger partial charge in [-0.25, -0.2) is 9.78 Å². The molecule has 1 N–H and O–H groups in total. The van der Waals surface area contributed by atoms with Crippen molar-refractivity contribution in [2.45, 2.75) is 13.5 Å². The number of benzene rings is 1. The summed E-state index contributed by atoms with van der Waals surface area (Å²) in [4.78, 5) is 27.9. The van der Waals surface area contributed by atoms with Crippen LogP contribution >= 0.6 is 43.2 Å². The van der Waals surface area contributed by atoms with Crippen molar-refractivity contribution in [3.63, 3.8) is 0 Å². The smallest absolute Gasteiger partial charge is 0.358 e. The number of nitrogens with zero attached hydrogens (tertiary/aromatic N) is 1. The third-order valence-electron chi connectivity index (χ3n) is 2.81. The Morgan fingerprint density at radius 1 is 1.29 bits per heavy atom. The second-order valence-electron chi connectivity index (χ2n) is 4.79. The second kappa shape index (κ2) is 8.70. The van der Waals surface area contributed by atoms with Crippen LogP contribution < -0.4 is 5.32 Å². The molecule has 128 valence electrons. The van der Waals surface area contributed by atoms with Crippen LogP contribution in [0.4, 0.5) is 5.69 Å². The summed E-state index contributed by atoms with van der Waals surface area (Å²) < 4.78 is 11.4. The second-order valence-corrected chi connectivity index (χ2v) is 7.44. The predicted molar refractivity (Wildman–Crippen MR) is 98.3 cm³/mol. The number of amides is 1. The van der Waals surface area contributed by atoms with Gasteiger partial charge in [0.05, 0.1) is 12.3 Å². The number of halogens is 2. The molecule has 2 aromatic rings. The molecule has 1 heterocycles. The quantitative estimate of drug-likeness (QED) is 0.638. The lowest BCUT2D eigenvalue weighted by molar-refractivity contribution is -0.119. The molecule has 0 unspecified atom stereocenters. The van der Waals surface area contributed by atoms with Crippen LogP contribution in [0.1, 0.15) is 21.1 Å². The number of hydrogen-bond acceptors (Lipinski definition) is 6. The molecule has 0 atom stereocenters. The average molecular weight is 478 g/mol. The molecule has 0 aliphatic heterocycles. The van der Waals surface area contributed by atoms with E-state index in [1.807, 2.05) is 19.1 Å². The minimum atomic E-state index is -0.647. The fourth-order valence-corrected chi connectivity index (χ4v) is 4.14. The monoisotopic (exact) mass is 476 g/mol. The molecule has 2 rings (SSSR count). The number of aryl methyl sites for hydroxylation is 1. The Balaban J connectivity index is 1.92. The maximum absolute atomic E-state index is 12.0. The van der Waals surface area contributed by atoms with E-state index in [0.717, 1.165) is 14.5 Å². The minimum Gasteiger partial charge on any atom is -0.451 e. The van der Waals surface area contributed by atoms with Crippen molar-refractivity contribution >= 4 is 60.8 Å². The molecule has 0 saturated carbocycles. The summed E-state index contributed by atoms with van der Waals surface area (Å²) in [6.45, 7) is 1.87. The zero-order chi connectivity index (χ0) is 17.7. The Morgan fingerprint density at radius 2 is 1.96 bits per heavy atom. The Bertz CT molecular complexity index is 741. The van der Waals surface area contributed by atoms with Gasteiger partial charge in [0.25, 0.3) is 5.91 Å². The minimum absolute atomic E-state index is 0.164. The Labute approximate surface area is 159 Å². The summed E-state index contributed by atoms with van der Waals surface area (Å²) >= 11 is 8.07. The molecule has 1 aromatic heterocycles. The van der Waals surface area contributed by atoms with E-state index in [1.165, 1.54) is 11.3 Å². The van der Waals surface area contributed by atoms with E-state index >= 15 is 0 Å². The zero-order valence-corrected chi connectivity index (χ0v) is 16.9. The lowest BCUT2D eigenvalue weighted by atomic mass is 10.2. The van der Waals surface area contributed by atoms with Crippen LogP contribution in [0, 0.1) is 6.92 Å². The van der Waals surface area contributed by atoms with E-state index in [2.05, 4.69) is 42.2 Å².